The molecule has 26 heavy (non-hydrogen) atoms. The minimum atomic E-state index is -3.70. The van der Waals surface area contributed by atoms with Crippen molar-refractivity contribution in [2.24, 2.45) is 0 Å². The molecule has 0 aliphatic rings. The number of rotatable bonds is 6. The van der Waals surface area contributed by atoms with Crippen LogP contribution in [0, 0.1) is 10.5 Å². The van der Waals surface area contributed by atoms with Crippen molar-refractivity contribution in [2.45, 2.75) is 18.2 Å². The van der Waals surface area contributed by atoms with Crippen molar-refractivity contribution in [3.63, 3.8) is 0 Å². The van der Waals surface area contributed by atoms with Gasteiger partial charge in [-0.2, -0.15) is 0 Å². The van der Waals surface area contributed by atoms with Crippen molar-refractivity contribution in [3.05, 3.63) is 62.9 Å². The van der Waals surface area contributed by atoms with Crippen LogP contribution >= 0.6 is 22.6 Å². The van der Waals surface area contributed by atoms with Gasteiger partial charge in [-0.25, -0.2) is 17.9 Å². The summed E-state index contributed by atoms with van der Waals surface area (Å²) in [5, 5.41) is 9.59. The number of carbonyl (C=O) groups is 1. The molecule has 0 spiro atoms. The molecule has 6 nitrogen and oxygen atoms in total. The van der Waals surface area contributed by atoms with E-state index in [2.05, 4.69) is 27.3 Å². The molecule has 0 saturated carbocycles. The Morgan fingerprint density at radius 3 is 2.69 bits per heavy atom. The highest BCUT2D eigenvalue weighted by atomic mass is 127. The Balaban J connectivity index is 1.80. The molecule has 0 unspecified atom stereocenters. The maximum absolute atomic E-state index is 12.5. The van der Waals surface area contributed by atoms with Gasteiger partial charge >= 0.3 is 5.97 Å². The van der Waals surface area contributed by atoms with Gasteiger partial charge < -0.3 is 9.52 Å². The van der Waals surface area contributed by atoms with Gasteiger partial charge in [-0.1, -0.05) is 12.1 Å². The van der Waals surface area contributed by atoms with E-state index < -0.39 is 16.0 Å². The minimum absolute atomic E-state index is 0.0773. The van der Waals surface area contributed by atoms with Gasteiger partial charge in [0.25, 0.3) is 0 Å². The zero-order valence-corrected chi connectivity index (χ0v) is 16.8. The molecule has 1 heterocycles. The Bertz CT molecular complexity index is 1090. The number of aromatic carboxylic acids is 1. The lowest BCUT2D eigenvalue weighted by Gasteiger charge is -2.07. The van der Waals surface area contributed by atoms with Crippen molar-refractivity contribution in [1.82, 2.24) is 4.72 Å². The molecule has 0 amide bonds. The highest BCUT2D eigenvalue weighted by Gasteiger charge is 2.20. The Morgan fingerprint density at radius 1 is 1.23 bits per heavy atom. The number of carboxylic acid groups (broad SMARTS) is 1. The molecule has 0 atom stereocenters. The predicted molar refractivity (Wildman–Crippen MR) is 106 cm³/mol. The molecule has 0 radical (unpaired) electrons. The number of sulfonamides is 1. The third kappa shape index (κ3) is 3.92. The minimum Gasteiger partial charge on any atom is -0.475 e. The SMILES string of the molecule is Cc1c(C(=O)O)oc2ccc(S(=O)(=O)NCCc3cccc(I)c3)cc12. The summed E-state index contributed by atoms with van der Waals surface area (Å²) in [7, 11) is -3.70. The predicted octanol–water partition coefficient (Wildman–Crippen LogP) is 3.57. The smallest absolute Gasteiger partial charge is 0.372 e. The first-order chi connectivity index (χ1) is 12.3. The van der Waals surface area contributed by atoms with Gasteiger partial charge in [0.2, 0.25) is 15.8 Å². The van der Waals surface area contributed by atoms with E-state index in [1.165, 1.54) is 18.2 Å². The number of hydrogen-bond acceptors (Lipinski definition) is 4. The van der Waals surface area contributed by atoms with Crippen LogP contribution in [0.3, 0.4) is 0 Å². The molecule has 0 bridgehead atoms. The first-order valence-electron chi connectivity index (χ1n) is 7.78. The molecule has 0 saturated heterocycles. The average molecular weight is 485 g/mol. The zero-order valence-electron chi connectivity index (χ0n) is 13.8. The summed E-state index contributed by atoms with van der Waals surface area (Å²) >= 11 is 2.21. The molecule has 3 aromatic rings. The lowest BCUT2D eigenvalue weighted by atomic mass is 10.1. The fourth-order valence-corrected chi connectivity index (χ4v) is 4.34. The van der Waals surface area contributed by atoms with Crippen LogP contribution in [0.25, 0.3) is 11.0 Å². The number of furan rings is 1. The molecule has 8 heteroatoms. The maximum atomic E-state index is 12.5. The van der Waals surface area contributed by atoms with Crippen LogP contribution in [0.2, 0.25) is 0 Å². The second kappa shape index (κ2) is 7.37. The standard InChI is InChI=1S/C18H16INO5S/c1-11-15-10-14(5-6-16(15)25-17(11)18(21)22)26(23,24)20-8-7-12-3-2-4-13(19)9-12/h2-6,9-10,20H,7-8H2,1H3,(H,21,22). The highest BCUT2D eigenvalue weighted by Crippen LogP contribution is 2.27. The quantitative estimate of drug-likeness (QED) is 0.521. The van der Waals surface area contributed by atoms with Crippen LogP contribution in [0.5, 0.6) is 0 Å². The maximum Gasteiger partial charge on any atom is 0.372 e. The second-order valence-corrected chi connectivity index (χ2v) is 8.81. The number of aryl methyl sites for hydroxylation is 1. The van der Waals surface area contributed by atoms with E-state index >= 15 is 0 Å². The molecular weight excluding hydrogens is 469 g/mol. The molecule has 2 aromatic carbocycles. The Hall–Kier alpha value is -1.91. The Kier molecular flexibility index (Phi) is 5.35. The fraction of sp³-hybridized carbons (Fsp3) is 0.167. The van der Waals surface area contributed by atoms with Crippen LogP contribution in [-0.2, 0) is 16.4 Å². The summed E-state index contributed by atoms with van der Waals surface area (Å²) < 4.78 is 34.0. The summed E-state index contributed by atoms with van der Waals surface area (Å²) in [6.07, 6.45) is 0.576. The number of hydrogen-bond donors (Lipinski definition) is 2. The molecule has 3 rings (SSSR count). The number of benzene rings is 2. The van der Waals surface area contributed by atoms with Crippen molar-refractivity contribution in [2.75, 3.05) is 6.54 Å². The Morgan fingerprint density at radius 2 is 2.00 bits per heavy atom. The topological polar surface area (TPSA) is 96.6 Å². The summed E-state index contributed by atoms with van der Waals surface area (Å²) in [6, 6.07) is 12.2. The number of carboxylic acids is 1. The monoisotopic (exact) mass is 485 g/mol. The lowest BCUT2D eigenvalue weighted by Crippen LogP contribution is -2.26. The highest BCUT2D eigenvalue weighted by molar-refractivity contribution is 14.1. The van der Waals surface area contributed by atoms with Gasteiger partial charge in [-0.05, 0) is 71.8 Å². The molecule has 0 aliphatic carbocycles. The largest absolute Gasteiger partial charge is 0.475 e. The van der Waals surface area contributed by atoms with Gasteiger partial charge in [0.05, 0.1) is 4.90 Å². The van der Waals surface area contributed by atoms with Gasteiger partial charge in [-0.15, -0.1) is 0 Å². The van der Waals surface area contributed by atoms with Crippen molar-refractivity contribution < 1.29 is 22.7 Å². The molecule has 2 N–H and O–H groups in total. The van der Waals surface area contributed by atoms with Gasteiger partial charge in [0.15, 0.2) is 0 Å². The Labute approximate surface area is 164 Å². The third-order valence-corrected chi connectivity index (χ3v) is 6.14. The van der Waals surface area contributed by atoms with Crippen molar-refractivity contribution >= 4 is 49.6 Å². The van der Waals surface area contributed by atoms with Crippen LogP contribution < -0.4 is 4.72 Å². The number of fused-ring (bicyclic) bond motifs is 1. The van der Waals surface area contributed by atoms with Crippen LogP contribution in [0.4, 0.5) is 0 Å². The van der Waals surface area contributed by atoms with E-state index in [4.69, 9.17) is 9.52 Å². The molecule has 0 fully saturated rings. The molecular formula is C18H16INO5S. The number of nitrogens with one attached hydrogen (secondary N) is 1. The fourth-order valence-electron chi connectivity index (χ4n) is 2.68. The molecule has 1 aromatic heterocycles. The van der Waals surface area contributed by atoms with Gasteiger partial charge in [0.1, 0.15) is 5.58 Å². The summed E-state index contributed by atoms with van der Waals surface area (Å²) in [5.41, 5.74) is 1.80. The van der Waals surface area contributed by atoms with E-state index in [9.17, 15) is 13.2 Å². The average Bonchev–Trinajstić information content (AvgIpc) is 2.91. The summed E-state index contributed by atoms with van der Waals surface area (Å²) in [5.74, 6) is -1.36. The normalized spacial score (nSPS) is 11.8. The van der Waals surface area contributed by atoms with Gasteiger partial charge in [0, 0.05) is 21.1 Å². The molecule has 136 valence electrons. The number of halogens is 1. The second-order valence-electron chi connectivity index (χ2n) is 5.80. The van der Waals surface area contributed by atoms with Crippen molar-refractivity contribution in [3.8, 4) is 0 Å². The van der Waals surface area contributed by atoms with Crippen LogP contribution in [0.1, 0.15) is 21.7 Å². The first-order valence-corrected chi connectivity index (χ1v) is 10.3. The third-order valence-electron chi connectivity index (χ3n) is 4.01. The van der Waals surface area contributed by atoms with E-state index in [1.54, 1.807) is 6.92 Å². The van der Waals surface area contributed by atoms with E-state index in [-0.39, 0.29) is 17.2 Å². The van der Waals surface area contributed by atoms with Crippen molar-refractivity contribution in [1.29, 1.82) is 0 Å². The summed E-state index contributed by atoms with van der Waals surface area (Å²) in [4.78, 5) is 11.2. The van der Waals surface area contributed by atoms with Gasteiger partial charge in [-0.3, -0.25) is 0 Å². The van der Waals surface area contributed by atoms with Crippen LogP contribution in [-0.4, -0.2) is 26.0 Å². The summed E-state index contributed by atoms with van der Waals surface area (Å²) in [6.45, 7) is 1.86. The first kappa shape index (κ1) is 18.9. The van der Waals surface area contributed by atoms with Crippen LogP contribution in [0.15, 0.2) is 51.8 Å². The van der Waals surface area contributed by atoms with E-state index in [1.807, 2.05) is 24.3 Å². The van der Waals surface area contributed by atoms with E-state index in [0.29, 0.717) is 23.0 Å². The zero-order chi connectivity index (χ0) is 18.9. The van der Waals surface area contributed by atoms with E-state index in [0.717, 1.165) is 9.13 Å². The molecule has 0 aliphatic heterocycles. The lowest BCUT2D eigenvalue weighted by molar-refractivity contribution is 0.0664.